The highest BCUT2D eigenvalue weighted by Crippen LogP contribution is 2.08. The molecule has 92 valence electrons. The molecular weight excluding hydrogens is 202 g/mol. The maximum atomic E-state index is 5.23. The second-order valence-electron chi connectivity index (χ2n) is 5.24. The third-order valence-corrected chi connectivity index (χ3v) is 2.33. The lowest BCUT2D eigenvalue weighted by atomic mass is 10.1. The first kappa shape index (κ1) is 13.2. The Hall–Kier alpha value is -0.870. The molecule has 0 radical (unpaired) electrons. The van der Waals surface area contributed by atoms with Gasteiger partial charge in [-0.05, 0) is 33.3 Å². The van der Waals surface area contributed by atoms with Crippen LogP contribution < -0.4 is 5.32 Å². The zero-order valence-corrected chi connectivity index (χ0v) is 10.9. The maximum Gasteiger partial charge on any atom is 0.0876 e. The summed E-state index contributed by atoms with van der Waals surface area (Å²) in [4.78, 5) is 0. The molecule has 1 atom stereocenters. The van der Waals surface area contributed by atoms with Crippen molar-refractivity contribution in [2.75, 3.05) is 20.3 Å². The molecule has 0 aliphatic carbocycles. The largest absolute Gasteiger partial charge is 0.382 e. The monoisotopic (exact) mass is 225 g/mol. The molecule has 0 bridgehead atoms. The number of nitrogens with zero attached hydrogens (tertiary/aromatic N) is 2. The van der Waals surface area contributed by atoms with E-state index >= 15 is 0 Å². The van der Waals surface area contributed by atoms with Crippen LogP contribution in [0.4, 0.5) is 0 Å². The van der Waals surface area contributed by atoms with Crippen molar-refractivity contribution in [3.63, 3.8) is 0 Å². The van der Waals surface area contributed by atoms with Crippen LogP contribution in [0.15, 0.2) is 12.4 Å². The molecule has 16 heavy (non-hydrogen) atoms. The van der Waals surface area contributed by atoms with Crippen LogP contribution in [0.1, 0.15) is 32.4 Å². The molecule has 4 nitrogen and oxygen atoms in total. The van der Waals surface area contributed by atoms with Crippen molar-refractivity contribution < 1.29 is 4.74 Å². The van der Waals surface area contributed by atoms with Gasteiger partial charge < -0.3 is 10.1 Å². The molecular formula is C12H23N3O. The summed E-state index contributed by atoms with van der Waals surface area (Å²) in [6, 6.07) is 0.248. The van der Waals surface area contributed by atoms with E-state index in [0.717, 1.165) is 6.54 Å². The highest BCUT2D eigenvalue weighted by molar-refractivity contribution is 5.00. The van der Waals surface area contributed by atoms with Crippen LogP contribution in [0.25, 0.3) is 0 Å². The summed E-state index contributed by atoms with van der Waals surface area (Å²) in [6.45, 7) is 10.1. The van der Waals surface area contributed by atoms with Crippen LogP contribution in [0.5, 0.6) is 0 Å². The molecule has 0 aliphatic heterocycles. The minimum atomic E-state index is 0.119. The lowest BCUT2D eigenvalue weighted by Gasteiger charge is -2.25. The van der Waals surface area contributed by atoms with Crippen molar-refractivity contribution in [1.29, 1.82) is 0 Å². The molecule has 1 heterocycles. The van der Waals surface area contributed by atoms with Gasteiger partial charge >= 0.3 is 0 Å². The number of ether oxygens (including phenoxy) is 1. The average Bonchev–Trinajstić information content (AvgIpc) is 2.57. The van der Waals surface area contributed by atoms with Gasteiger partial charge in [-0.3, -0.25) is 4.68 Å². The zero-order valence-electron chi connectivity index (χ0n) is 10.9. The van der Waals surface area contributed by atoms with Gasteiger partial charge in [0.2, 0.25) is 0 Å². The molecule has 0 aliphatic rings. The second kappa shape index (κ2) is 5.46. The van der Waals surface area contributed by atoms with E-state index in [1.165, 1.54) is 5.56 Å². The quantitative estimate of drug-likeness (QED) is 0.830. The zero-order chi connectivity index (χ0) is 12.2. The van der Waals surface area contributed by atoms with E-state index in [0.29, 0.717) is 6.61 Å². The van der Waals surface area contributed by atoms with Gasteiger partial charge in [-0.2, -0.15) is 5.10 Å². The normalized spacial score (nSPS) is 14.1. The van der Waals surface area contributed by atoms with Crippen molar-refractivity contribution in [1.82, 2.24) is 15.1 Å². The van der Waals surface area contributed by atoms with Gasteiger partial charge in [0.25, 0.3) is 0 Å². The summed E-state index contributed by atoms with van der Waals surface area (Å²) in [6.07, 6.45) is 3.92. The number of hydrogen-bond acceptors (Lipinski definition) is 3. The SMILES string of the molecule is COCC(CNC(C)(C)C)n1cc(C)cn1. The predicted octanol–water partition coefficient (Wildman–Crippen LogP) is 1.77. The van der Waals surface area contributed by atoms with Gasteiger partial charge in [-0.1, -0.05) is 0 Å². The van der Waals surface area contributed by atoms with Crippen molar-refractivity contribution in [2.45, 2.75) is 39.3 Å². The predicted molar refractivity (Wildman–Crippen MR) is 65.6 cm³/mol. The van der Waals surface area contributed by atoms with Crippen molar-refractivity contribution >= 4 is 0 Å². The van der Waals surface area contributed by atoms with Crippen molar-refractivity contribution in [2.24, 2.45) is 0 Å². The van der Waals surface area contributed by atoms with Crippen LogP contribution in [-0.4, -0.2) is 35.6 Å². The molecule has 1 unspecified atom stereocenters. The summed E-state index contributed by atoms with van der Waals surface area (Å²) in [5.74, 6) is 0. The summed E-state index contributed by atoms with van der Waals surface area (Å²) in [7, 11) is 1.72. The fourth-order valence-electron chi connectivity index (χ4n) is 1.48. The van der Waals surface area contributed by atoms with Gasteiger partial charge in [0.1, 0.15) is 0 Å². The molecule has 1 rings (SSSR count). The number of methoxy groups -OCH3 is 1. The smallest absolute Gasteiger partial charge is 0.0876 e. The van der Waals surface area contributed by atoms with E-state index in [1.807, 2.05) is 24.0 Å². The Kier molecular flexibility index (Phi) is 4.50. The van der Waals surface area contributed by atoms with E-state index < -0.39 is 0 Å². The third-order valence-electron chi connectivity index (χ3n) is 2.33. The van der Waals surface area contributed by atoms with E-state index in [4.69, 9.17) is 4.74 Å². The lowest BCUT2D eigenvalue weighted by Crippen LogP contribution is -2.40. The first-order chi connectivity index (χ1) is 7.42. The molecule has 0 saturated carbocycles. The Balaban J connectivity index is 2.61. The maximum absolute atomic E-state index is 5.23. The van der Waals surface area contributed by atoms with Crippen LogP contribution in [-0.2, 0) is 4.74 Å². The van der Waals surface area contributed by atoms with E-state index in [2.05, 4.69) is 31.2 Å². The van der Waals surface area contributed by atoms with Gasteiger partial charge in [0.15, 0.2) is 0 Å². The van der Waals surface area contributed by atoms with E-state index in [1.54, 1.807) is 7.11 Å². The molecule has 4 heteroatoms. The minimum Gasteiger partial charge on any atom is -0.382 e. The molecule has 0 spiro atoms. The average molecular weight is 225 g/mol. The molecule has 1 N–H and O–H groups in total. The first-order valence-electron chi connectivity index (χ1n) is 5.67. The number of hydrogen-bond donors (Lipinski definition) is 1. The molecule has 0 amide bonds. The standard InChI is InChI=1S/C12H23N3O/c1-10-6-14-15(8-10)11(9-16-5)7-13-12(2,3)4/h6,8,11,13H,7,9H2,1-5H3. The van der Waals surface area contributed by atoms with Crippen LogP contribution in [0, 0.1) is 6.92 Å². The Morgan fingerprint density at radius 2 is 2.19 bits per heavy atom. The highest BCUT2D eigenvalue weighted by Gasteiger charge is 2.16. The number of rotatable bonds is 5. The summed E-state index contributed by atoms with van der Waals surface area (Å²) < 4.78 is 7.20. The Morgan fingerprint density at radius 1 is 1.50 bits per heavy atom. The van der Waals surface area contributed by atoms with Gasteiger partial charge in [0, 0.05) is 25.4 Å². The van der Waals surface area contributed by atoms with Crippen LogP contribution >= 0.6 is 0 Å². The molecule has 0 aromatic carbocycles. The highest BCUT2D eigenvalue weighted by atomic mass is 16.5. The van der Waals surface area contributed by atoms with Crippen molar-refractivity contribution in [3.05, 3.63) is 18.0 Å². The molecule has 1 aromatic rings. The number of aryl methyl sites for hydroxylation is 1. The van der Waals surface area contributed by atoms with Crippen LogP contribution in [0.2, 0.25) is 0 Å². The number of nitrogens with one attached hydrogen (secondary N) is 1. The summed E-state index contributed by atoms with van der Waals surface area (Å²) in [5, 5.41) is 7.81. The lowest BCUT2D eigenvalue weighted by molar-refractivity contribution is 0.144. The van der Waals surface area contributed by atoms with Gasteiger partial charge in [-0.25, -0.2) is 0 Å². The molecule has 0 fully saturated rings. The second-order valence-corrected chi connectivity index (χ2v) is 5.24. The van der Waals surface area contributed by atoms with E-state index in [-0.39, 0.29) is 11.6 Å². The summed E-state index contributed by atoms with van der Waals surface area (Å²) in [5.41, 5.74) is 1.30. The molecule has 0 saturated heterocycles. The number of aromatic nitrogens is 2. The third kappa shape index (κ3) is 4.33. The first-order valence-corrected chi connectivity index (χ1v) is 5.67. The van der Waals surface area contributed by atoms with Gasteiger partial charge in [0.05, 0.1) is 18.8 Å². The fourth-order valence-corrected chi connectivity index (χ4v) is 1.48. The molecule has 1 aromatic heterocycles. The van der Waals surface area contributed by atoms with Gasteiger partial charge in [-0.15, -0.1) is 0 Å². The topological polar surface area (TPSA) is 39.1 Å². The summed E-state index contributed by atoms with van der Waals surface area (Å²) >= 11 is 0. The fraction of sp³-hybridized carbons (Fsp3) is 0.750. The van der Waals surface area contributed by atoms with E-state index in [9.17, 15) is 0 Å². The van der Waals surface area contributed by atoms with Crippen LogP contribution in [0.3, 0.4) is 0 Å². The Labute approximate surface area is 98.0 Å². The Bertz CT molecular complexity index is 314. The van der Waals surface area contributed by atoms with Crippen molar-refractivity contribution in [3.8, 4) is 0 Å². The Morgan fingerprint density at radius 3 is 2.62 bits per heavy atom. The minimum absolute atomic E-state index is 0.119.